The third kappa shape index (κ3) is 6.60. The predicted octanol–water partition coefficient (Wildman–Crippen LogP) is 4.37. The molecule has 1 atom stereocenters. The molecule has 2 N–H and O–H groups in total. The van der Waals surface area contributed by atoms with Crippen molar-refractivity contribution in [1.29, 1.82) is 0 Å². The highest BCUT2D eigenvalue weighted by Gasteiger charge is 2.27. The van der Waals surface area contributed by atoms with E-state index in [0.717, 1.165) is 19.8 Å². The number of β-amino-alcohol motifs (C(OH)–C–C–N with tert-alkyl or cyclic N) is 1. The molecule has 2 aromatic carbocycles. The molecule has 1 fully saturated rings. The van der Waals surface area contributed by atoms with E-state index in [0.29, 0.717) is 31.1 Å². The zero-order chi connectivity index (χ0) is 21.5. The fraction of sp³-hybridized carbons (Fsp3) is 0.273. The summed E-state index contributed by atoms with van der Waals surface area (Å²) in [4.78, 5) is 27.2. The van der Waals surface area contributed by atoms with Gasteiger partial charge < -0.3 is 15.3 Å². The number of carbonyl (C=O) groups excluding carboxylic acids is 2. The van der Waals surface area contributed by atoms with Crippen LogP contribution in [-0.2, 0) is 9.59 Å². The summed E-state index contributed by atoms with van der Waals surface area (Å²) >= 11 is 11.5. The lowest BCUT2D eigenvalue weighted by Gasteiger charge is -2.15. The van der Waals surface area contributed by atoms with Gasteiger partial charge in [-0.1, -0.05) is 41.6 Å². The van der Waals surface area contributed by atoms with E-state index in [4.69, 9.17) is 11.6 Å². The molecule has 5 nitrogen and oxygen atoms in total. The predicted molar refractivity (Wildman–Crippen MR) is 124 cm³/mol. The average molecular weight is 510 g/mol. The second-order valence-corrected chi connectivity index (χ2v) is 9.24. The molecule has 30 heavy (non-hydrogen) atoms. The molecule has 3 rings (SSSR count). The van der Waals surface area contributed by atoms with Gasteiger partial charge in [0, 0.05) is 40.0 Å². The van der Waals surface area contributed by atoms with Gasteiger partial charge in [0.1, 0.15) is 0 Å². The molecule has 2 amide bonds. The summed E-state index contributed by atoms with van der Waals surface area (Å²) in [6.45, 7) is 1.38. The van der Waals surface area contributed by atoms with Gasteiger partial charge >= 0.3 is 0 Å². The number of likely N-dealkylation sites (tertiary alicyclic amines) is 1. The van der Waals surface area contributed by atoms with Crippen molar-refractivity contribution >= 4 is 57.2 Å². The van der Waals surface area contributed by atoms with Crippen LogP contribution >= 0.6 is 39.3 Å². The van der Waals surface area contributed by atoms with E-state index in [2.05, 4.69) is 21.2 Å². The molecular formula is C22H22BrClN2O3S. The number of aliphatic hydroxyl groups excluding tert-OH is 1. The number of amides is 2. The lowest BCUT2D eigenvalue weighted by molar-refractivity contribution is -0.127. The smallest absolute Gasteiger partial charge is 0.244 e. The standard InChI is InChI=1S/C22H22BrClN2O3S/c23-17-4-1-2-5-19(17)30-20-8-6-15(12-18(20)24)7-9-21(28)25-10-3-11-26-14-16(27)13-22(26)29/h1-2,4-9,12,16,27H,3,10-11,13-14H2,(H,25,28)/b9-7+/t16-/m1/s1. The van der Waals surface area contributed by atoms with Gasteiger partial charge in [-0.05, 0) is 58.3 Å². The minimum Gasteiger partial charge on any atom is -0.391 e. The van der Waals surface area contributed by atoms with Crippen LogP contribution in [0.5, 0.6) is 0 Å². The largest absolute Gasteiger partial charge is 0.391 e. The number of hydrogen-bond acceptors (Lipinski definition) is 4. The van der Waals surface area contributed by atoms with E-state index in [9.17, 15) is 14.7 Å². The maximum atomic E-state index is 12.0. The van der Waals surface area contributed by atoms with Crippen LogP contribution in [0.3, 0.4) is 0 Å². The lowest BCUT2D eigenvalue weighted by Crippen LogP contribution is -2.30. The van der Waals surface area contributed by atoms with Gasteiger partial charge in [-0.3, -0.25) is 9.59 Å². The van der Waals surface area contributed by atoms with Crippen molar-refractivity contribution in [2.24, 2.45) is 0 Å². The molecule has 8 heteroatoms. The second kappa shape index (κ2) is 11.0. The Balaban J connectivity index is 1.46. The number of rotatable bonds is 8. The van der Waals surface area contributed by atoms with Crippen LogP contribution in [-0.4, -0.2) is 47.6 Å². The molecule has 0 saturated carbocycles. The molecule has 0 unspecified atom stereocenters. The number of halogens is 2. The summed E-state index contributed by atoms with van der Waals surface area (Å²) in [7, 11) is 0. The minimum absolute atomic E-state index is 0.0353. The number of hydrogen-bond donors (Lipinski definition) is 2. The number of aliphatic hydroxyl groups is 1. The summed E-state index contributed by atoms with van der Waals surface area (Å²) < 4.78 is 1.01. The summed E-state index contributed by atoms with van der Waals surface area (Å²) in [6, 6.07) is 13.6. The SMILES string of the molecule is O=C(/C=C/c1ccc(Sc2ccccc2Br)c(Cl)c1)NCCCN1C[C@H](O)CC1=O. The topological polar surface area (TPSA) is 69.6 Å². The molecule has 1 saturated heterocycles. The summed E-state index contributed by atoms with van der Waals surface area (Å²) in [5.41, 5.74) is 0.836. The van der Waals surface area contributed by atoms with Gasteiger partial charge in [0.15, 0.2) is 0 Å². The molecule has 0 aromatic heterocycles. The maximum Gasteiger partial charge on any atom is 0.244 e. The zero-order valence-corrected chi connectivity index (χ0v) is 19.3. The van der Waals surface area contributed by atoms with Crippen LogP contribution in [0.2, 0.25) is 5.02 Å². The number of carbonyl (C=O) groups is 2. The van der Waals surface area contributed by atoms with Gasteiger partial charge in [-0.2, -0.15) is 0 Å². The van der Waals surface area contributed by atoms with Gasteiger partial charge in [0.2, 0.25) is 11.8 Å². The van der Waals surface area contributed by atoms with Crippen LogP contribution in [0, 0.1) is 0 Å². The Kier molecular flexibility index (Phi) is 8.39. The summed E-state index contributed by atoms with van der Waals surface area (Å²) in [6.07, 6.45) is 3.45. The van der Waals surface area contributed by atoms with Gasteiger partial charge in [0.25, 0.3) is 0 Å². The lowest BCUT2D eigenvalue weighted by atomic mass is 10.2. The highest BCUT2D eigenvalue weighted by molar-refractivity contribution is 9.10. The Hall–Kier alpha value is -1.80. The molecule has 0 bridgehead atoms. The Morgan fingerprint density at radius 2 is 2.10 bits per heavy atom. The van der Waals surface area contributed by atoms with Crippen LogP contribution < -0.4 is 5.32 Å². The molecular weight excluding hydrogens is 488 g/mol. The molecule has 2 aromatic rings. The van der Waals surface area contributed by atoms with Crippen molar-refractivity contribution < 1.29 is 14.7 Å². The van der Waals surface area contributed by atoms with Crippen LogP contribution in [0.15, 0.2) is 62.8 Å². The van der Waals surface area contributed by atoms with Crippen molar-refractivity contribution in [3.05, 3.63) is 63.6 Å². The number of nitrogens with one attached hydrogen (secondary N) is 1. The van der Waals surface area contributed by atoms with Crippen molar-refractivity contribution in [3.8, 4) is 0 Å². The van der Waals surface area contributed by atoms with Crippen molar-refractivity contribution in [1.82, 2.24) is 10.2 Å². The fourth-order valence-corrected chi connectivity index (χ4v) is 4.70. The Bertz CT molecular complexity index is 954. The maximum absolute atomic E-state index is 12.0. The molecule has 158 valence electrons. The van der Waals surface area contributed by atoms with E-state index in [1.165, 1.54) is 6.08 Å². The molecule has 0 spiro atoms. The Morgan fingerprint density at radius 1 is 1.30 bits per heavy atom. The van der Waals surface area contributed by atoms with E-state index >= 15 is 0 Å². The number of benzene rings is 2. The third-order valence-corrected chi connectivity index (χ3v) is 7.07. The molecule has 0 radical (unpaired) electrons. The second-order valence-electron chi connectivity index (χ2n) is 6.90. The third-order valence-electron chi connectivity index (χ3n) is 4.54. The fourth-order valence-electron chi connectivity index (χ4n) is 3.03. The van der Waals surface area contributed by atoms with Gasteiger partial charge in [-0.15, -0.1) is 0 Å². The van der Waals surface area contributed by atoms with Crippen molar-refractivity contribution in [2.45, 2.75) is 28.7 Å². The number of nitrogens with zero attached hydrogens (tertiary/aromatic N) is 1. The molecule has 1 heterocycles. The van der Waals surface area contributed by atoms with Crippen molar-refractivity contribution in [2.75, 3.05) is 19.6 Å². The summed E-state index contributed by atoms with van der Waals surface area (Å²) in [5, 5.41) is 12.9. The van der Waals surface area contributed by atoms with Crippen molar-refractivity contribution in [3.63, 3.8) is 0 Å². The van der Waals surface area contributed by atoms with E-state index < -0.39 is 6.10 Å². The molecule has 1 aliphatic heterocycles. The minimum atomic E-state index is -0.569. The van der Waals surface area contributed by atoms with Gasteiger partial charge in [0.05, 0.1) is 17.5 Å². The quantitative estimate of drug-likeness (QED) is 0.410. The highest BCUT2D eigenvalue weighted by atomic mass is 79.9. The van der Waals surface area contributed by atoms with E-state index in [1.807, 2.05) is 42.5 Å². The first-order valence-electron chi connectivity index (χ1n) is 9.56. The van der Waals surface area contributed by atoms with E-state index in [-0.39, 0.29) is 18.2 Å². The Labute approximate surface area is 193 Å². The first kappa shape index (κ1) is 22.9. The monoisotopic (exact) mass is 508 g/mol. The molecule has 0 aliphatic carbocycles. The highest BCUT2D eigenvalue weighted by Crippen LogP contribution is 2.37. The van der Waals surface area contributed by atoms with E-state index in [1.54, 1.807) is 22.7 Å². The zero-order valence-electron chi connectivity index (χ0n) is 16.2. The van der Waals surface area contributed by atoms with Crippen LogP contribution in [0.25, 0.3) is 6.08 Å². The first-order chi connectivity index (χ1) is 14.4. The van der Waals surface area contributed by atoms with Crippen LogP contribution in [0.1, 0.15) is 18.4 Å². The van der Waals surface area contributed by atoms with Gasteiger partial charge in [-0.25, -0.2) is 0 Å². The van der Waals surface area contributed by atoms with Crippen LogP contribution in [0.4, 0.5) is 0 Å². The first-order valence-corrected chi connectivity index (χ1v) is 11.5. The Morgan fingerprint density at radius 3 is 2.80 bits per heavy atom. The molecule has 1 aliphatic rings. The summed E-state index contributed by atoms with van der Waals surface area (Å²) in [5.74, 6) is -0.239. The normalized spacial score (nSPS) is 16.4. The average Bonchev–Trinajstić information content (AvgIpc) is 3.04.